The minimum Gasteiger partial charge on any atom is -0.495 e. The number of halogens is 1. The van der Waals surface area contributed by atoms with Crippen molar-refractivity contribution in [2.24, 2.45) is 0 Å². The highest BCUT2D eigenvalue weighted by atomic mass is 32.2. The molecule has 35 heavy (non-hydrogen) atoms. The van der Waals surface area contributed by atoms with Crippen molar-refractivity contribution in [2.75, 3.05) is 18.2 Å². The molecule has 7 nitrogen and oxygen atoms in total. The topological polar surface area (TPSA) is 86.1 Å². The number of carbonyl (C=O) groups is 1. The summed E-state index contributed by atoms with van der Waals surface area (Å²) in [6.07, 6.45) is 1.67. The van der Waals surface area contributed by atoms with E-state index in [1.54, 1.807) is 42.6 Å². The summed E-state index contributed by atoms with van der Waals surface area (Å²) in [5.41, 5.74) is 1.64. The van der Waals surface area contributed by atoms with Crippen LogP contribution in [-0.4, -0.2) is 33.3 Å². The number of hydrogen-bond donors (Lipinski definition) is 1. The number of ether oxygens (including phenoxy) is 1. The van der Waals surface area contributed by atoms with E-state index in [0.29, 0.717) is 26.8 Å². The molecule has 3 heterocycles. The average molecular weight is 507 g/mol. The number of nitrogens with zero attached hydrogens (tertiary/aromatic N) is 3. The van der Waals surface area contributed by atoms with Crippen LogP contribution in [0.25, 0.3) is 20.4 Å². The van der Waals surface area contributed by atoms with Crippen molar-refractivity contribution in [1.29, 1.82) is 0 Å². The second kappa shape index (κ2) is 9.85. The molecule has 176 valence electrons. The van der Waals surface area contributed by atoms with Crippen molar-refractivity contribution in [2.45, 2.75) is 11.7 Å². The monoisotopic (exact) mass is 506 g/mol. The van der Waals surface area contributed by atoms with Crippen LogP contribution in [0.4, 0.5) is 10.1 Å². The summed E-state index contributed by atoms with van der Waals surface area (Å²) >= 11 is 2.45. The third-order valence-corrected chi connectivity index (χ3v) is 7.35. The van der Waals surface area contributed by atoms with Crippen molar-refractivity contribution >= 4 is 55.1 Å². The van der Waals surface area contributed by atoms with Gasteiger partial charge in [0.2, 0.25) is 5.91 Å². The zero-order chi connectivity index (χ0) is 24.4. The molecule has 1 N–H and O–H groups in total. The number of benzene rings is 2. The Labute approximate surface area is 207 Å². The minimum atomic E-state index is -0.354. The second-order valence-electron chi connectivity index (χ2n) is 7.59. The van der Waals surface area contributed by atoms with Gasteiger partial charge in [0.1, 0.15) is 21.1 Å². The van der Waals surface area contributed by atoms with E-state index in [1.807, 2.05) is 12.1 Å². The number of methoxy groups -OCH3 is 1. The first-order valence-corrected chi connectivity index (χ1v) is 12.4. The van der Waals surface area contributed by atoms with Crippen LogP contribution in [0.2, 0.25) is 0 Å². The quantitative estimate of drug-likeness (QED) is 0.249. The van der Waals surface area contributed by atoms with Gasteiger partial charge in [0.05, 0.1) is 30.6 Å². The van der Waals surface area contributed by atoms with Gasteiger partial charge in [-0.2, -0.15) is 0 Å². The second-order valence-corrected chi connectivity index (χ2v) is 9.53. The lowest BCUT2D eigenvalue weighted by atomic mass is 10.2. The molecule has 0 atom stereocenters. The molecule has 0 aliphatic heterocycles. The number of carbonyl (C=O) groups excluding carboxylic acids is 1. The van der Waals surface area contributed by atoms with Gasteiger partial charge in [-0.25, -0.2) is 14.4 Å². The molecule has 0 unspecified atom stereocenters. The van der Waals surface area contributed by atoms with E-state index in [-0.39, 0.29) is 29.6 Å². The molecule has 10 heteroatoms. The Morgan fingerprint density at radius 1 is 1.14 bits per heavy atom. The molecule has 0 aliphatic carbocycles. The number of nitrogens with one attached hydrogen (secondary N) is 1. The van der Waals surface area contributed by atoms with E-state index in [4.69, 9.17) is 9.72 Å². The highest BCUT2D eigenvalue weighted by Crippen LogP contribution is 2.31. The number of para-hydroxylation sites is 2. The summed E-state index contributed by atoms with van der Waals surface area (Å²) in [5, 5.41) is 4.02. The number of aromatic nitrogens is 3. The lowest BCUT2D eigenvalue weighted by Gasteiger charge is -2.13. The van der Waals surface area contributed by atoms with E-state index < -0.39 is 0 Å². The fourth-order valence-corrected chi connectivity index (χ4v) is 5.45. The normalized spacial score (nSPS) is 11.1. The molecule has 0 fully saturated rings. The van der Waals surface area contributed by atoms with Crippen molar-refractivity contribution in [3.63, 3.8) is 0 Å². The Bertz CT molecular complexity index is 1600. The van der Waals surface area contributed by atoms with Crippen LogP contribution in [0.1, 0.15) is 5.56 Å². The summed E-state index contributed by atoms with van der Waals surface area (Å²) in [6.45, 7) is 0.195. The first-order chi connectivity index (χ1) is 17.0. The predicted octanol–water partition coefficient (Wildman–Crippen LogP) is 4.93. The van der Waals surface area contributed by atoms with Gasteiger partial charge in [0.15, 0.2) is 5.16 Å². The number of fused-ring (bicyclic) bond motifs is 3. The first kappa shape index (κ1) is 23.0. The van der Waals surface area contributed by atoms with Gasteiger partial charge in [-0.05, 0) is 42.0 Å². The molecule has 0 aliphatic rings. The van der Waals surface area contributed by atoms with Gasteiger partial charge in [-0.1, -0.05) is 36.0 Å². The molecule has 5 rings (SSSR count). The molecule has 2 aromatic carbocycles. The van der Waals surface area contributed by atoms with Gasteiger partial charge < -0.3 is 10.1 Å². The van der Waals surface area contributed by atoms with Crippen LogP contribution in [0.15, 0.2) is 76.8 Å². The zero-order valence-corrected chi connectivity index (χ0v) is 20.2. The zero-order valence-electron chi connectivity index (χ0n) is 18.5. The molecule has 0 bridgehead atoms. The average Bonchev–Trinajstić information content (AvgIpc) is 3.25. The van der Waals surface area contributed by atoms with Gasteiger partial charge >= 0.3 is 0 Å². The van der Waals surface area contributed by atoms with Crippen LogP contribution in [0.3, 0.4) is 0 Å². The number of thioether (sulfide) groups is 1. The van der Waals surface area contributed by atoms with E-state index in [9.17, 15) is 14.0 Å². The lowest BCUT2D eigenvalue weighted by Crippen LogP contribution is -2.24. The van der Waals surface area contributed by atoms with E-state index in [0.717, 1.165) is 27.5 Å². The summed E-state index contributed by atoms with van der Waals surface area (Å²) in [5.74, 6) is -0.0394. The number of anilines is 1. The van der Waals surface area contributed by atoms with Gasteiger partial charge in [0, 0.05) is 11.6 Å². The fourth-order valence-electron chi connectivity index (χ4n) is 3.63. The summed E-state index contributed by atoms with van der Waals surface area (Å²) in [6, 6.07) is 16.8. The van der Waals surface area contributed by atoms with Gasteiger partial charge in [0.25, 0.3) is 5.56 Å². The summed E-state index contributed by atoms with van der Waals surface area (Å²) < 4.78 is 20.7. The molecular formula is C25H19FN4O3S2. The molecule has 0 saturated carbocycles. The minimum absolute atomic E-state index is 0.0275. The fraction of sp³-hybridized carbons (Fsp3) is 0.120. The number of hydrogen-bond acceptors (Lipinski definition) is 7. The largest absolute Gasteiger partial charge is 0.495 e. The Kier molecular flexibility index (Phi) is 6.47. The molecule has 1 amide bonds. The predicted molar refractivity (Wildman–Crippen MR) is 137 cm³/mol. The van der Waals surface area contributed by atoms with E-state index in [1.165, 1.54) is 35.1 Å². The highest BCUT2D eigenvalue weighted by Gasteiger charge is 2.18. The van der Waals surface area contributed by atoms with Gasteiger partial charge in [-0.15, -0.1) is 11.3 Å². The maximum absolute atomic E-state index is 13.5. The molecule has 0 saturated heterocycles. The summed E-state index contributed by atoms with van der Waals surface area (Å²) in [7, 11) is 1.53. The van der Waals surface area contributed by atoms with Gasteiger partial charge in [-0.3, -0.25) is 14.2 Å². The van der Waals surface area contributed by atoms with E-state index in [2.05, 4.69) is 10.3 Å². The third kappa shape index (κ3) is 4.75. The van der Waals surface area contributed by atoms with Crippen molar-refractivity contribution < 1.29 is 13.9 Å². The van der Waals surface area contributed by atoms with Crippen LogP contribution in [0, 0.1) is 5.82 Å². The molecular weight excluding hydrogens is 487 g/mol. The number of rotatable bonds is 7. The Morgan fingerprint density at radius 2 is 1.94 bits per heavy atom. The maximum atomic E-state index is 13.5. The third-order valence-electron chi connectivity index (χ3n) is 5.29. The smallest absolute Gasteiger partial charge is 0.272 e. The van der Waals surface area contributed by atoms with Crippen molar-refractivity contribution in [3.05, 3.63) is 88.6 Å². The van der Waals surface area contributed by atoms with Crippen LogP contribution in [0.5, 0.6) is 5.75 Å². The van der Waals surface area contributed by atoms with Crippen molar-refractivity contribution in [3.8, 4) is 5.75 Å². The summed E-state index contributed by atoms with van der Waals surface area (Å²) in [4.78, 5) is 36.1. The maximum Gasteiger partial charge on any atom is 0.272 e. The Balaban J connectivity index is 1.50. The van der Waals surface area contributed by atoms with Crippen molar-refractivity contribution in [1.82, 2.24) is 14.5 Å². The molecule has 0 radical (unpaired) electrons. The highest BCUT2D eigenvalue weighted by molar-refractivity contribution is 7.99. The molecule has 0 spiro atoms. The Morgan fingerprint density at radius 3 is 2.74 bits per heavy atom. The number of pyridine rings is 1. The van der Waals surface area contributed by atoms with Crippen LogP contribution < -0.4 is 15.6 Å². The number of amides is 1. The molecule has 3 aromatic heterocycles. The number of thiophene rings is 1. The van der Waals surface area contributed by atoms with Crippen LogP contribution in [-0.2, 0) is 11.3 Å². The standard InChI is InChI=1S/C25H19FN4O3S2/c1-33-19-7-3-2-6-18(19)28-20(31)14-34-25-29-21-17-5-4-12-27-23(17)35-22(21)24(32)30(25)13-15-8-10-16(26)11-9-15/h2-12H,13-14H2,1H3,(H,28,31). The first-order valence-electron chi connectivity index (χ1n) is 10.6. The molecule has 5 aromatic rings. The lowest BCUT2D eigenvalue weighted by molar-refractivity contribution is -0.113. The Hall–Kier alpha value is -3.76. The SMILES string of the molecule is COc1ccccc1NC(=O)CSc1nc2c(sc3ncccc32)c(=O)n1Cc1ccc(F)cc1. The van der Waals surface area contributed by atoms with Crippen LogP contribution >= 0.6 is 23.1 Å². The van der Waals surface area contributed by atoms with E-state index >= 15 is 0 Å².